The van der Waals surface area contributed by atoms with Crippen LogP contribution < -0.4 is 11.1 Å². The van der Waals surface area contributed by atoms with Crippen LogP contribution in [0.5, 0.6) is 0 Å². The van der Waals surface area contributed by atoms with Crippen LogP contribution in [0, 0.1) is 13.8 Å². The fraction of sp³-hybridized carbons (Fsp3) is 0.412. The van der Waals surface area contributed by atoms with E-state index < -0.39 is 0 Å². The van der Waals surface area contributed by atoms with E-state index in [4.69, 9.17) is 5.73 Å². The number of fused-ring (bicyclic) bond motifs is 1. The van der Waals surface area contributed by atoms with Gasteiger partial charge in [-0.1, -0.05) is 23.8 Å². The zero-order valence-corrected chi connectivity index (χ0v) is 13.8. The second-order valence-corrected chi connectivity index (χ2v) is 7.13. The van der Waals surface area contributed by atoms with Crippen LogP contribution in [0.1, 0.15) is 33.7 Å². The summed E-state index contributed by atoms with van der Waals surface area (Å²) in [6, 6.07) is 6.42. The number of hydrogen-bond acceptors (Lipinski definition) is 4. The maximum Gasteiger partial charge on any atom is 0.230 e. The van der Waals surface area contributed by atoms with Crippen LogP contribution in [0.15, 0.2) is 18.2 Å². The molecule has 1 aliphatic rings. The predicted molar refractivity (Wildman–Crippen MR) is 90.4 cm³/mol. The van der Waals surface area contributed by atoms with E-state index in [0.29, 0.717) is 11.6 Å². The van der Waals surface area contributed by atoms with Gasteiger partial charge in [-0.05, 0) is 44.2 Å². The van der Waals surface area contributed by atoms with Crippen LogP contribution in [-0.4, -0.2) is 16.9 Å². The molecule has 22 heavy (non-hydrogen) atoms. The number of nitrogens with two attached hydrogens (primary N) is 1. The number of aromatic nitrogens is 1. The average Bonchev–Trinajstić information content (AvgIpc) is 2.84. The lowest BCUT2D eigenvalue weighted by atomic mass is 9.99. The van der Waals surface area contributed by atoms with Crippen molar-refractivity contribution in [3.63, 3.8) is 0 Å². The van der Waals surface area contributed by atoms with Crippen molar-refractivity contribution in [3.8, 4) is 0 Å². The molecule has 4 nitrogen and oxygen atoms in total. The second kappa shape index (κ2) is 6.18. The van der Waals surface area contributed by atoms with Crippen molar-refractivity contribution >= 4 is 22.4 Å². The fourth-order valence-electron chi connectivity index (χ4n) is 2.78. The highest BCUT2D eigenvalue weighted by Crippen LogP contribution is 2.29. The summed E-state index contributed by atoms with van der Waals surface area (Å²) in [6.45, 7) is 4.07. The maximum absolute atomic E-state index is 12.3. The molecule has 1 aromatic heterocycles. The van der Waals surface area contributed by atoms with Gasteiger partial charge in [0.05, 0.1) is 12.1 Å². The van der Waals surface area contributed by atoms with E-state index in [0.717, 1.165) is 36.1 Å². The van der Waals surface area contributed by atoms with Gasteiger partial charge in [0.1, 0.15) is 0 Å². The van der Waals surface area contributed by atoms with Crippen LogP contribution in [0.3, 0.4) is 0 Å². The molecule has 0 fully saturated rings. The van der Waals surface area contributed by atoms with Crippen molar-refractivity contribution in [1.82, 2.24) is 4.98 Å². The highest BCUT2D eigenvalue weighted by Gasteiger charge is 2.20. The van der Waals surface area contributed by atoms with Gasteiger partial charge in [-0.25, -0.2) is 4.98 Å². The Morgan fingerprint density at radius 3 is 3.09 bits per heavy atom. The zero-order valence-electron chi connectivity index (χ0n) is 13.0. The number of carbonyl (C=O) groups is 1. The van der Waals surface area contributed by atoms with Crippen molar-refractivity contribution < 1.29 is 4.79 Å². The van der Waals surface area contributed by atoms with Crippen molar-refractivity contribution in [1.29, 1.82) is 0 Å². The minimum atomic E-state index is -0.0101. The monoisotopic (exact) mass is 315 g/mol. The Bertz CT molecular complexity index is 708. The molecule has 0 aliphatic heterocycles. The SMILES string of the molecule is Cc1ccc(C)c(CC(=O)Nc2nc3c(s2)C[C@@H](N)CC3)c1. The molecule has 5 heteroatoms. The summed E-state index contributed by atoms with van der Waals surface area (Å²) in [4.78, 5) is 18.0. The number of thiazole rings is 1. The summed E-state index contributed by atoms with van der Waals surface area (Å²) in [5.74, 6) is -0.0101. The molecule has 0 saturated carbocycles. The van der Waals surface area contributed by atoms with Gasteiger partial charge in [0, 0.05) is 10.9 Å². The Morgan fingerprint density at radius 2 is 2.27 bits per heavy atom. The Hall–Kier alpha value is -1.72. The smallest absolute Gasteiger partial charge is 0.230 e. The van der Waals surface area contributed by atoms with E-state index in [9.17, 15) is 4.79 Å². The largest absolute Gasteiger partial charge is 0.327 e. The molecule has 1 amide bonds. The molecule has 3 N–H and O–H groups in total. The number of aryl methyl sites for hydroxylation is 3. The molecule has 1 atom stereocenters. The zero-order chi connectivity index (χ0) is 15.7. The summed E-state index contributed by atoms with van der Waals surface area (Å²) in [6.07, 6.45) is 3.16. The van der Waals surface area contributed by atoms with Crippen LogP contribution >= 0.6 is 11.3 Å². The molecule has 1 aliphatic carbocycles. The number of nitrogens with one attached hydrogen (secondary N) is 1. The average molecular weight is 315 g/mol. The third kappa shape index (κ3) is 3.36. The second-order valence-electron chi connectivity index (χ2n) is 6.05. The van der Waals surface area contributed by atoms with Crippen molar-refractivity contribution in [2.45, 2.75) is 45.6 Å². The standard InChI is InChI=1S/C17H21N3OS/c1-10-3-4-11(2)12(7-10)8-16(21)20-17-19-14-6-5-13(18)9-15(14)22-17/h3-4,7,13H,5-6,8-9,18H2,1-2H3,(H,19,20,21)/t13-/m0/s1. The molecule has 0 radical (unpaired) electrons. The Labute approximate surface area is 134 Å². The van der Waals surface area contributed by atoms with Gasteiger partial charge >= 0.3 is 0 Å². The third-order valence-electron chi connectivity index (χ3n) is 4.08. The minimum Gasteiger partial charge on any atom is -0.327 e. The summed E-state index contributed by atoms with van der Waals surface area (Å²) in [7, 11) is 0. The molecular formula is C17H21N3OS. The lowest BCUT2D eigenvalue weighted by Gasteiger charge is -2.15. The summed E-state index contributed by atoms with van der Waals surface area (Å²) >= 11 is 1.56. The molecule has 0 unspecified atom stereocenters. The molecule has 3 rings (SSSR count). The molecule has 116 valence electrons. The van der Waals surface area contributed by atoms with Gasteiger partial charge in [0.2, 0.25) is 5.91 Å². The van der Waals surface area contributed by atoms with Crippen molar-refractivity contribution in [2.24, 2.45) is 5.73 Å². The van der Waals surface area contributed by atoms with E-state index >= 15 is 0 Å². The van der Waals surface area contributed by atoms with E-state index in [1.165, 1.54) is 10.4 Å². The molecule has 1 aromatic carbocycles. The predicted octanol–water partition coefficient (Wildman–Crippen LogP) is 2.76. The number of nitrogens with zero attached hydrogens (tertiary/aromatic N) is 1. The normalized spacial score (nSPS) is 17.1. The summed E-state index contributed by atoms with van der Waals surface area (Å²) < 4.78 is 0. The lowest BCUT2D eigenvalue weighted by Crippen LogP contribution is -2.27. The Kier molecular flexibility index (Phi) is 4.27. The quantitative estimate of drug-likeness (QED) is 0.915. The van der Waals surface area contributed by atoms with Gasteiger partial charge in [0.15, 0.2) is 5.13 Å². The number of amides is 1. The molecule has 0 spiro atoms. The van der Waals surface area contributed by atoms with E-state index in [1.807, 2.05) is 13.8 Å². The van der Waals surface area contributed by atoms with Crippen LogP contribution in [0.4, 0.5) is 5.13 Å². The first-order valence-electron chi connectivity index (χ1n) is 7.61. The number of rotatable bonds is 3. The molecule has 0 saturated heterocycles. The van der Waals surface area contributed by atoms with Crippen LogP contribution in [0.2, 0.25) is 0 Å². The van der Waals surface area contributed by atoms with Gasteiger partial charge in [-0.15, -0.1) is 11.3 Å². The highest BCUT2D eigenvalue weighted by atomic mass is 32.1. The maximum atomic E-state index is 12.3. The first kappa shape index (κ1) is 15.2. The number of carbonyl (C=O) groups excluding carboxylic acids is 1. The third-order valence-corrected chi connectivity index (χ3v) is 5.12. The first-order chi connectivity index (χ1) is 10.5. The van der Waals surface area contributed by atoms with Crippen LogP contribution in [-0.2, 0) is 24.1 Å². The number of hydrogen-bond donors (Lipinski definition) is 2. The van der Waals surface area contributed by atoms with E-state index in [2.05, 4.69) is 28.5 Å². The topological polar surface area (TPSA) is 68.0 Å². The molecule has 0 bridgehead atoms. The Morgan fingerprint density at radius 1 is 1.45 bits per heavy atom. The van der Waals surface area contributed by atoms with E-state index in [-0.39, 0.29) is 11.9 Å². The summed E-state index contributed by atoms with van der Waals surface area (Å²) in [5, 5.41) is 3.64. The van der Waals surface area contributed by atoms with Gasteiger partial charge in [-0.3, -0.25) is 4.79 Å². The van der Waals surface area contributed by atoms with Gasteiger partial charge in [-0.2, -0.15) is 0 Å². The van der Waals surface area contributed by atoms with Crippen molar-refractivity contribution in [3.05, 3.63) is 45.5 Å². The van der Waals surface area contributed by atoms with Crippen molar-refractivity contribution in [2.75, 3.05) is 5.32 Å². The molecule has 2 aromatic rings. The molecular weight excluding hydrogens is 294 g/mol. The number of anilines is 1. The lowest BCUT2D eigenvalue weighted by molar-refractivity contribution is -0.115. The van der Waals surface area contributed by atoms with E-state index in [1.54, 1.807) is 11.3 Å². The van der Waals surface area contributed by atoms with Gasteiger partial charge < -0.3 is 11.1 Å². The van der Waals surface area contributed by atoms with Crippen LogP contribution in [0.25, 0.3) is 0 Å². The summed E-state index contributed by atoms with van der Waals surface area (Å²) in [5.41, 5.74) is 10.5. The minimum absolute atomic E-state index is 0.0101. The number of benzene rings is 1. The highest BCUT2D eigenvalue weighted by molar-refractivity contribution is 7.15. The fourth-order valence-corrected chi connectivity index (χ4v) is 3.90. The molecule has 1 heterocycles. The first-order valence-corrected chi connectivity index (χ1v) is 8.43. The van der Waals surface area contributed by atoms with Gasteiger partial charge in [0.25, 0.3) is 0 Å². The Balaban J connectivity index is 1.68.